The van der Waals surface area contributed by atoms with Crippen LogP contribution in [-0.4, -0.2) is 15.5 Å². The van der Waals surface area contributed by atoms with Crippen molar-refractivity contribution in [3.8, 4) is 11.1 Å². The molecule has 2 aromatic carbocycles. The molecule has 4 rings (SSSR count). The Labute approximate surface area is 179 Å². The van der Waals surface area contributed by atoms with Crippen molar-refractivity contribution in [1.82, 2.24) is 9.55 Å². The predicted molar refractivity (Wildman–Crippen MR) is 123 cm³/mol. The van der Waals surface area contributed by atoms with Crippen molar-refractivity contribution in [2.75, 3.05) is 5.32 Å². The lowest BCUT2D eigenvalue weighted by molar-refractivity contribution is -0.116. The lowest BCUT2D eigenvalue weighted by atomic mass is 9.99. The van der Waals surface area contributed by atoms with Crippen LogP contribution in [0.25, 0.3) is 21.3 Å². The second kappa shape index (κ2) is 7.88. The summed E-state index contributed by atoms with van der Waals surface area (Å²) >= 11 is 1.44. The number of aromatic nitrogens is 2. The summed E-state index contributed by atoms with van der Waals surface area (Å²) in [7, 11) is 0. The number of rotatable bonds is 4. The van der Waals surface area contributed by atoms with Crippen molar-refractivity contribution in [3.63, 3.8) is 0 Å². The zero-order chi connectivity index (χ0) is 21.4. The molecule has 30 heavy (non-hydrogen) atoms. The fourth-order valence-corrected chi connectivity index (χ4v) is 4.51. The first-order chi connectivity index (χ1) is 14.3. The average molecular weight is 418 g/mol. The molecule has 0 radical (unpaired) electrons. The molecular weight excluding hydrogens is 394 g/mol. The number of fused-ring (bicyclic) bond motifs is 1. The molecule has 0 saturated heterocycles. The van der Waals surface area contributed by atoms with Gasteiger partial charge in [0.25, 0.3) is 5.56 Å². The number of nitrogens with zero attached hydrogens (tertiary/aromatic N) is 2. The molecule has 5 nitrogen and oxygen atoms in total. The SMILES string of the molecule is Cc1ccc(-c2csc3ncn(CC(=O)Nc4cc(C)ccc4C)c(=O)c23)c(C)c1. The van der Waals surface area contributed by atoms with Gasteiger partial charge in [-0.3, -0.25) is 14.2 Å². The van der Waals surface area contributed by atoms with Crippen molar-refractivity contribution < 1.29 is 4.79 Å². The van der Waals surface area contributed by atoms with Crippen LogP contribution in [0.5, 0.6) is 0 Å². The molecule has 2 aromatic heterocycles. The second-order valence-corrected chi connectivity index (χ2v) is 8.55. The molecule has 0 bridgehead atoms. The summed E-state index contributed by atoms with van der Waals surface area (Å²) in [5.74, 6) is -0.254. The number of benzene rings is 2. The lowest BCUT2D eigenvalue weighted by Gasteiger charge is -2.11. The number of anilines is 1. The van der Waals surface area contributed by atoms with E-state index in [2.05, 4.69) is 16.4 Å². The third kappa shape index (κ3) is 3.78. The van der Waals surface area contributed by atoms with Crippen LogP contribution in [0.4, 0.5) is 5.69 Å². The number of amides is 1. The zero-order valence-corrected chi connectivity index (χ0v) is 18.3. The molecule has 152 valence electrons. The molecule has 0 saturated carbocycles. The molecule has 0 atom stereocenters. The third-order valence-corrected chi connectivity index (χ3v) is 6.10. The van der Waals surface area contributed by atoms with Crippen molar-refractivity contribution in [2.45, 2.75) is 34.2 Å². The number of hydrogen-bond donors (Lipinski definition) is 1. The molecule has 2 heterocycles. The Morgan fingerprint density at radius 1 is 1.00 bits per heavy atom. The summed E-state index contributed by atoms with van der Waals surface area (Å²) in [6.45, 7) is 7.92. The number of carbonyl (C=O) groups excluding carboxylic acids is 1. The van der Waals surface area contributed by atoms with Gasteiger partial charge in [0.2, 0.25) is 5.91 Å². The predicted octanol–water partition coefficient (Wildman–Crippen LogP) is 5.00. The van der Waals surface area contributed by atoms with Crippen LogP contribution in [0.2, 0.25) is 0 Å². The van der Waals surface area contributed by atoms with Crippen LogP contribution in [0.1, 0.15) is 22.3 Å². The van der Waals surface area contributed by atoms with Crippen LogP contribution in [0.3, 0.4) is 0 Å². The van der Waals surface area contributed by atoms with Crippen LogP contribution >= 0.6 is 11.3 Å². The van der Waals surface area contributed by atoms with E-state index in [-0.39, 0.29) is 18.0 Å². The molecule has 1 amide bonds. The fourth-order valence-electron chi connectivity index (χ4n) is 3.61. The number of nitrogens with one attached hydrogen (secondary N) is 1. The molecule has 0 aliphatic heterocycles. The molecule has 1 N–H and O–H groups in total. The van der Waals surface area contributed by atoms with Crippen LogP contribution in [0, 0.1) is 27.7 Å². The van der Waals surface area contributed by atoms with Gasteiger partial charge in [-0.2, -0.15) is 0 Å². The Bertz CT molecular complexity index is 1330. The largest absolute Gasteiger partial charge is 0.324 e. The van der Waals surface area contributed by atoms with E-state index in [1.54, 1.807) is 0 Å². The Morgan fingerprint density at radius 2 is 1.73 bits per heavy atom. The van der Waals surface area contributed by atoms with Crippen LogP contribution in [0.15, 0.2) is 52.9 Å². The fraction of sp³-hybridized carbons (Fsp3) is 0.208. The average Bonchev–Trinajstić information content (AvgIpc) is 3.11. The van der Waals surface area contributed by atoms with E-state index in [4.69, 9.17) is 0 Å². The Morgan fingerprint density at radius 3 is 2.50 bits per heavy atom. The van der Waals surface area contributed by atoms with Gasteiger partial charge in [0.05, 0.1) is 11.7 Å². The van der Waals surface area contributed by atoms with E-state index in [0.717, 1.165) is 33.5 Å². The molecule has 0 unspecified atom stereocenters. The normalized spacial score (nSPS) is 11.1. The minimum atomic E-state index is -0.254. The Hall–Kier alpha value is -3.25. The summed E-state index contributed by atoms with van der Waals surface area (Å²) in [6, 6.07) is 12.1. The highest BCUT2D eigenvalue weighted by atomic mass is 32.1. The number of thiophene rings is 1. The molecule has 0 aliphatic rings. The van der Waals surface area contributed by atoms with Gasteiger partial charge in [0, 0.05) is 16.6 Å². The van der Waals surface area contributed by atoms with E-state index in [1.165, 1.54) is 27.8 Å². The first-order valence-corrected chi connectivity index (χ1v) is 10.6. The van der Waals surface area contributed by atoms with Gasteiger partial charge in [0.1, 0.15) is 11.4 Å². The maximum atomic E-state index is 13.2. The third-order valence-electron chi connectivity index (χ3n) is 5.21. The summed E-state index contributed by atoms with van der Waals surface area (Å²) < 4.78 is 1.38. The molecular formula is C24H23N3O2S. The summed E-state index contributed by atoms with van der Waals surface area (Å²) in [5, 5.41) is 5.44. The van der Waals surface area contributed by atoms with E-state index < -0.39 is 0 Å². The van der Waals surface area contributed by atoms with Gasteiger partial charge in [-0.1, -0.05) is 35.9 Å². The van der Waals surface area contributed by atoms with E-state index in [0.29, 0.717) is 10.2 Å². The van der Waals surface area contributed by atoms with Crippen molar-refractivity contribution in [3.05, 3.63) is 80.7 Å². The summed E-state index contributed by atoms with van der Waals surface area (Å²) in [6.07, 6.45) is 1.45. The van der Waals surface area contributed by atoms with Gasteiger partial charge in [-0.15, -0.1) is 11.3 Å². The highest BCUT2D eigenvalue weighted by molar-refractivity contribution is 7.17. The number of hydrogen-bond acceptors (Lipinski definition) is 4. The molecule has 0 spiro atoms. The number of carbonyl (C=O) groups is 1. The van der Waals surface area contributed by atoms with Crippen LogP contribution in [-0.2, 0) is 11.3 Å². The molecule has 0 fully saturated rings. The minimum absolute atomic E-state index is 0.0860. The van der Waals surface area contributed by atoms with Crippen LogP contribution < -0.4 is 10.9 Å². The topological polar surface area (TPSA) is 64.0 Å². The van der Waals surface area contributed by atoms with Gasteiger partial charge in [-0.25, -0.2) is 4.98 Å². The standard InChI is InChI=1S/C24H23N3O2S/c1-14-6-8-18(17(4)9-14)19-12-30-23-22(19)24(29)27(13-25-23)11-21(28)26-20-10-15(2)5-7-16(20)3/h5-10,12-13H,11H2,1-4H3,(H,26,28). The number of aryl methyl sites for hydroxylation is 4. The van der Waals surface area contributed by atoms with Gasteiger partial charge < -0.3 is 5.32 Å². The maximum Gasteiger partial charge on any atom is 0.263 e. The molecule has 4 aromatic rings. The Kier molecular flexibility index (Phi) is 5.26. The second-order valence-electron chi connectivity index (χ2n) is 7.69. The molecule has 6 heteroatoms. The van der Waals surface area contributed by atoms with E-state index in [9.17, 15) is 9.59 Å². The smallest absolute Gasteiger partial charge is 0.263 e. The minimum Gasteiger partial charge on any atom is -0.324 e. The summed E-state index contributed by atoms with van der Waals surface area (Å²) in [5.41, 5.74) is 6.77. The van der Waals surface area contributed by atoms with E-state index in [1.807, 2.05) is 63.4 Å². The molecule has 0 aliphatic carbocycles. The van der Waals surface area contributed by atoms with Gasteiger partial charge in [-0.05, 0) is 56.0 Å². The van der Waals surface area contributed by atoms with Crippen molar-refractivity contribution >= 4 is 33.1 Å². The van der Waals surface area contributed by atoms with Gasteiger partial charge in [0.15, 0.2) is 0 Å². The maximum absolute atomic E-state index is 13.2. The zero-order valence-electron chi connectivity index (χ0n) is 17.4. The highest BCUT2D eigenvalue weighted by Gasteiger charge is 2.16. The quantitative estimate of drug-likeness (QED) is 0.508. The van der Waals surface area contributed by atoms with Gasteiger partial charge >= 0.3 is 0 Å². The highest BCUT2D eigenvalue weighted by Crippen LogP contribution is 2.33. The monoisotopic (exact) mass is 417 g/mol. The van der Waals surface area contributed by atoms with E-state index >= 15 is 0 Å². The first kappa shape index (κ1) is 20.0. The summed E-state index contributed by atoms with van der Waals surface area (Å²) in [4.78, 5) is 31.0. The Balaban J connectivity index is 1.69. The van der Waals surface area contributed by atoms with Crippen molar-refractivity contribution in [1.29, 1.82) is 0 Å². The van der Waals surface area contributed by atoms with Crippen molar-refractivity contribution in [2.24, 2.45) is 0 Å². The lowest BCUT2D eigenvalue weighted by Crippen LogP contribution is -2.28. The first-order valence-electron chi connectivity index (χ1n) is 9.75.